The average molecular weight is 416 g/mol. The van der Waals surface area contributed by atoms with Gasteiger partial charge >= 0.3 is 5.97 Å². The minimum absolute atomic E-state index is 0.0549. The number of aryl methyl sites for hydroxylation is 1. The first kappa shape index (κ1) is 22.1. The second kappa shape index (κ2) is 11.0. The molecule has 30 heavy (non-hydrogen) atoms. The van der Waals surface area contributed by atoms with Gasteiger partial charge in [-0.3, -0.25) is 9.69 Å². The number of aliphatic carboxylic acids is 1. The van der Waals surface area contributed by atoms with Crippen LogP contribution in [0.2, 0.25) is 0 Å². The molecule has 0 amide bonds. The number of carbonyl (C=O) groups is 1. The number of likely N-dealkylation sites (tertiary alicyclic amines) is 1. The van der Waals surface area contributed by atoms with Crippen LogP contribution in [-0.4, -0.2) is 42.3 Å². The number of carboxylic acid groups (broad SMARTS) is 1. The lowest BCUT2D eigenvalue weighted by Gasteiger charge is -2.18. The molecule has 2 aliphatic rings. The number of hydrogen-bond acceptors (Lipinski definition) is 4. The highest BCUT2D eigenvalue weighted by molar-refractivity contribution is 5.67. The van der Waals surface area contributed by atoms with Crippen LogP contribution >= 0.6 is 0 Å². The lowest BCUT2D eigenvalue weighted by molar-refractivity contribution is -0.136. The molecule has 1 saturated carbocycles. The van der Waals surface area contributed by atoms with Crippen molar-refractivity contribution in [1.82, 2.24) is 4.90 Å². The monoisotopic (exact) mass is 415 g/mol. The number of carboxylic acids is 1. The number of rotatable bonds is 8. The normalized spacial score (nSPS) is 17.7. The fraction of sp³-hybridized carbons (Fsp3) is 0.458. The molecule has 0 radical (unpaired) electrons. The molecule has 1 atom stereocenters. The number of halogens is 1. The summed E-state index contributed by atoms with van der Waals surface area (Å²) in [6.07, 6.45) is 6.04. The Hall–Kier alpha value is -2.60. The summed E-state index contributed by atoms with van der Waals surface area (Å²) in [5.41, 5.74) is 1.78. The molecule has 2 fully saturated rings. The highest BCUT2D eigenvalue weighted by Gasteiger charge is 2.25. The van der Waals surface area contributed by atoms with Crippen LogP contribution in [0.4, 0.5) is 4.39 Å². The maximum absolute atomic E-state index is 13.5. The summed E-state index contributed by atoms with van der Waals surface area (Å²) in [6, 6.07) is 12.2. The van der Waals surface area contributed by atoms with Gasteiger partial charge in [-0.25, -0.2) is 4.39 Å². The molecule has 6 heteroatoms. The first-order chi connectivity index (χ1) is 14.5. The zero-order valence-electron chi connectivity index (χ0n) is 17.5. The standard InChI is InChI=1S/C21H24FNO4.C3H6/c1-26-20-7-6-17(22)12-16(20)13-23-10-9-19(14-23)27-18-4-2-3-15(11-18)5-8-21(24)25;1-2-3-1/h2-4,6-7,11-12,19H,5,8-10,13-14H2,1H3,(H,24,25);1-3H2. The van der Waals surface area contributed by atoms with Crippen LogP contribution in [0.25, 0.3) is 0 Å². The molecule has 1 heterocycles. The Bertz CT molecular complexity index is 837. The van der Waals surface area contributed by atoms with E-state index in [0.29, 0.717) is 18.7 Å². The molecule has 162 valence electrons. The molecule has 1 N–H and O–H groups in total. The number of nitrogens with zero attached hydrogens (tertiary/aromatic N) is 1. The Labute approximate surface area is 177 Å². The van der Waals surface area contributed by atoms with E-state index in [1.54, 1.807) is 13.2 Å². The number of benzene rings is 2. The Balaban J connectivity index is 0.000000782. The van der Waals surface area contributed by atoms with Crippen molar-refractivity contribution in [3.8, 4) is 11.5 Å². The van der Waals surface area contributed by atoms with Gasteiger partial charge in [0.05, 0.1) is 7.11 Å². The van der Waals surface area contributed by atoms with Gasteiger partial charge in [0.2, 0.25) is 0 Å². The molecular weight excluding hydrogens is 385 g/mol. The maximum Gasteiger partial charge on any atom is 0.303 e. The molecular formula is C24H30FNO4. The molecule has 1 unspecified atom stereocenters. The van der Waals surface area contributed by atoms with Gasteiger partial charge < -0.3 is 14.6 Å². The summed E-state index contributed by atoms with van der Waals surface area (Å²) in [6.45, 7) is 2.22. The third-order valence-corrected chi connectivity index (χ3v) is 5.05. The first-order valence-electron chi connectivity index (χ1n) is 10.6. The van der Waals surface area contributed by atoms with E-state index in [1.807, 2.05) is 24.3 Å². The van der Waals surface area contributed by atoms with Crippen molar-refractivity contribution < 1.29 is 23.8 Å². The van der Waals surface area contributed by atoms with Crippen LogP contribution in [0.15, 0.2) is 42.5 Å². The summed E-state index contributed by atoms with van der Waals surface area (Å²) in [5.74, 6) is 0.372. The number of methoxy groups -OCH3 is 1. The van der Waals surface area contributed by atoms with Gasteiger partial charge in [0.25, 0.3) is 0 Å². The summed E-state index contributed by atoms with van der Waals surface area (Å²) in [5, 5.41) is 8.81. The minimum Gasteiger partial charge on any atom is -0.496 e. The van der Waals surface area contributed by atoms with Gasteiger partial charge in [-0.05, 0) is 48.7 Å². The molecule has 1 saturated heterocycles. The van der Waals surface area contributed by atoms with Crippen molar-refractivity contribution in [2.24, 2.45) is 0 Å². The molecule has 2 aromatic rings. The molecule has 0 aromatic heterocycles. The Morgan fingerprint density at radius 2 is 2.00 bits per heavy atom. The maximum atomic E-state index is 13.5. The van der Waals surface area contributed by atoms with Gasteiger partial charge in [0, 0.05) is 31.6 Å². The predicted molar refractivity (Wildman–Crippen MR) is 114 cm³/mol. The second-order valence-electron chi connectivity index (χ2n) is 7.82. The minimum atomic E-state index is -0.805. The van der Waals surface area contributed by atoms with Crippen molar-refractivity contribution in [3.05, 3.63) is 59.4 Å². The van der Waals surface area contributed by atoms with Crippen LogP contribution in [-0.2, 0) is 17.8 Å². The van der Waals surface area contributed by atoms with Gasteiger partial charge in [-0.2, -0.15) is 0 Å². The van der Waals surface area contributed by atoms with Gasteiger partial charge in [0.1, 0.15) is 23.4 Å². The largest absolute Gasteiger partial charge is 0.496 e. The van der Waals surface area contributed by atoms with Gasteiger partial charge in [-0.15, -0.1) is 0 Å². The number of ether oxygens (including phenoxy) is 2. The zero-order chi connectivity index (χ0) is 21.3. The lowest BCUT2D eigenvalue weighted by atomic mass is 10.1. The highest BCUT2D eigenvalue weighted by Crippen LogP contribution is 2.25. The summed E-state index contributed by atoms with van der Waals surface area (Å²) in [4.78, 5) is 12.9. The quantitative estimate of drug-likeness (QED) is 0.679. The zero-order valence-corrected chi connectivity index (χ0v) is 17.5. The van der Waals surface area contributed by atoms with E-state index < -0.39 is 5.97 Å². The first-order valence-corrected chi connectivity index (χ1v) is 10.6. The fourth-order valence-corrected chi connectivity index (χ4v) is 3.37. The van der Waals surface area contributed by atoms with Crippen LogP contribution in [0.3, 0.4) is 0 Å². The van der Waals surface area contributed by atoms with E-state index in [4.69, 9.17) is 14.6 Å². The van der Waals surface area contributed by atoms with Crippen LogP contribution in [0.1, 0.15) is 43.2 Å². The smallest absolute Gasteiger partial charge is 0.303 e. The van der Waals surface area contributed by atoms with E-state index >= 15 is 0 Å². The molecule has 0 spiro atoms. The summed E-state index contributed by atoms with van der Waals surface area (Å²) >= 11 is 0. The SMILES string of the molecule is C1CC1.COc1ccc(F)cc1CN1CCC(Oc2cccc(CCC(=O)O)c2)C1. The van der Waals surface area contributed by atoms with E-state index in [-0.39, 0.29) is 18.3 Å². The van der Waals surface area contributed by atoms with Gasteiger partial charge in [0.15, 0.2) is 0 Å². The molecule has 1 aliphatic carbocycles. The van der Waals surface area contributed by atoms with E-state index in [9.17, 15) is 9.18 Å². The topological polar surface area (TPSA) is 59.0 Å². The third kappa shape index (κ3) is 7.34. The van der Waals surface area contributed by atoms with Crippen molar-refractivity contribution in [1.29, 1.82) is 0 Å². The van der Waals surface area contributed by atoms with Gasteiger partial charge in [-0.1, -0.05) is 31.4 Å². The molecule has 2 aromatic carbocycles. The Morgan fingerprint density at radius 3 is 2.70 bits per heavy atom. The Morgan fingerprint density at radius 1 is 1.20 bits per heavy atom. The van der Waals surface area contributed by atoms with E-state index in [2.05, 4.69) is 4.90 Å². The highest BCUT2D eigenvalue weighted by atomic mass is 19.1. The molecule has 0 bridgehead atoms. The van der Waals surface area contributed by atoms with Crippen LogP contribution < -0.4 is 9.47 Å². The Kier molecular flexibility index (Phi) is 8.08. The fourth-order valence-electron chi connectivity index (χ4n) is 3.37. The molecule has 1 aliphatic heterocycles. The molecule has 4 rings (SSSR count). The van der Waals surface area contributed by atoms with Crippen molar-refractivity contribution in [2.45, 2.75) is 51.2 Å². The molecule has 5 nitrogen and oxygen atoms in total. The third-order valence-electron chi connectivity index (χ3n) is 5.05. The van der Waals surface area contributed by atoms with Crippen molar-refractivity contribution in [2.75, 3.05) is 20.2 Å². The van der Waals surface area contributed by atoms with Crippen molar-refractivity contribution in [3.63, 3.8) is 0 Å². The average Bonchev–Trinajstić information content (AvgIpc) is 3.55. The number of hydrogen-bond donors (Lipinski definition) is 1. The summed E-state index contributed by atoms with van der Waals surface area (Å²) < 4.78 is 24.9. The second-order valence-corrected chi connectivity index (χ2v) is 7.82. The van der Waals surface area contributed by atoms with Crippen LogP contribution in [0, 0.1) is 5.82 Å². The summed E-state index contributed by atoms with van der Waals surface area (Å²) in [7, 11) is 1.59. The van der Waals surface area contributed by atoms with E-state index in [0.717, 1.165) is 36.4 Å². The van der Waals surface area contributed by atoms with Crippen molar-refractivity contribution >= 4 is 5.97 Å². The lowest BCUT2D eigenvalue weighted by Crippen LogP contribution is -2.24. The van der Waals surface area contributed by atoms with Crippen LogP contribution in [0.5, 0.6) is 11.5 Å². The predicted octanol–water partition coefficient (Wildman–Crippen LogP) is 4.68. The van der Waals surface area contributed by atoms with E-state index in [1.165, 1.54) is 31.4 Å².